The van der Waals surface area contributed by atoms with Crippen molar-refractivity contribution in [1.29, 1.82) is 0 Å². The van der Waals surface area contributed by atoms with Crippen LogP contribution in [0.1, 0.15) is 36.5 Å². The van der Waals surface area contributed by atoms with Crippen molar-refractivity contribution in [2.75, 3.05) is 6.61 Å². The van der Waals surface area contributed by atoms with E-state index in [0.29, 0.717) is 42.5 Å². The monoisotopic (exact) mass is 442 g/mol. The maximum absolute atomic E-state index is 13.1. The minimum absolute atomic E-state index is 0.251. The van der Waals surface area contributed by atoms with E-state index in [0.717, 1.165) is 11.1 Å². The van der Waals surface area contributed by atoms with E-state index in [1.165, 1.54) is 30.2 Å². The van der Waals surface area contributed by atoms with Crippen molar-refractivity contribution in [2.24, 2.45) is 0 Å². The molecule has 0 saturated carbocycles. The number of aryl methyl sites for hydroxylation is 1. The first-order valence-corrected chi connectivity index (χ1v) is 10.9. The van der Waals surface area contributed by atoms with E-state index < -0.39 is 0 Å². The number of carbonyl (C=O) groups is 1. The molecule has 0 atom stereocenters. The van der Waals surface area contributed by atoms with Gasteiger partial charge in [0.05, 0.1) is 6.61 Å². The highest BCUT2D eigenvalue weighted by Crippen LogP contribution is 2.21. The predicted octanol–water partition coefficient (Wildman–Crippen LogP) is 3.40. The van der Waals surface area contributed by atoms with Crippen LogP contribution >= 0.6 is 11.8 Å². The fraction of sp³-hybridized carbons (Fsp3) is 0.318. The predicted molar refractivity (Wildman–Crippen MR) is 115 cm³/mol. The Bertz CT molecular complexity index is 1060. The Morgan fingerprint density at radius 3 is 2.61 bits per heavy atom. The summed E-state index contributed by atoms with van der Waals surface area (Å²) >= 11 is 1.39. The van der Waals surface area contributed by atoms with Gasteiger partial charge < -0.3 is 9.30 Å². The maximum Gasteiger partial charge on any atom is 0.305 e. The summed E-state index contributed by atoms with van der Waals surface area (Å²) in [5, 5.41) is 0.547. The fourth-order valence-electron chi connectivity index (χ4n) is 2.91. The third-order valence-electron chi connectivity index (χ3n) is 4.40. The van der Waals surface area contributed by atoms with Gasteiger partial charge in [-0.2, -0.15) is 4.98 Å². The molecule has 2 heterocycles. The summed E-state index contributed by atoms with van der Waals surface area (Å²) in [5.74, 6) is -0.00751. The molecule has 9 heteroatoms. The molecule has 0 radical (unpaired) electrons. The molecule has 0 aliphatic carbocycles. The van der Waals surface area contributed by atoms with Crippen molar-refractivity contribution in [1.82, 2.24) is 19.5 Å². The molecule has 0 fully saturated rings. The molecular weight excluding hydrogens is 419 g/mol. The highest BCUT2D eigenvalue weighted by molar-refractivity contribution is 7.98. The number of thioether (sulfide) groups is 1. The zero-order valence-electron chi connectivity index (χ0n) is 17.2. The van der Waals surface area contributed by atoms with E-state index in [-0.39, 0.29) is 23.8 Å². The number of hydrogen-bond donors (Lipinski definition) is 0. The van der Waals surface area contributed by atoms with E-state index in [1.807, 2.05) is 4.57 Å². The molecule has 0 amide bonds. The number of rotatable bonds is 10. The van der Waals surface area contributed by atoms with E-state index in [2.05, 4.69) is 15.0 Å². The molecule has 0 aliphatic rings. The molecule has 1 aromatic carbocycles. The normalized spacial score (nSPS) is 10.8. The van der Waals surface area contributed by atoms with Crippen LogP contribution in [0.3, 0.4) is 0 Å². The lowest BCUT2D eigenvalue weighted by molar-refractivity contribution is -0.143. The van der Waals surface area contributed by atoms with Gasteiger partial charge in [-0.05, 0) is 36.6 Å². The zero-order valence-corrected chi connectivity index (χ0v) is 18.0. The summed E-state index contributed by atoms with van der Waals surface area (Å²) in [7, 11) is 0. The van der Waals surface area contributed by atoms with Gasteiger partial charge in [-0.3, -0.25) is 9.59 Å². The summed E-state index contributed by atoms with van der Waals surface area (Å²) in [5.41, 5.74) is 1.94. The van der Waals surface area contributed by atoms with Crippen LogP contribution in [0, 0.1) is 5.82 Å². The number of nitrogens with zero attached hydrogens (tertiary/aromatic N) is 4. The van der Waals surface area contributed by atoms with E-state index >= 15 is 0 Å². The summed E-state index contributed by atoms with van der Waals surface area (Å²) in [4.78, 5) is 36.5. The van der Waals surface area contributed by atoms with Crippen molar-refractivity contribution >= 4 is 17.7 Å². The Kier molecular flexibility index (Phi) is 8.28. The van der Waals surface area contributed by atoms with Crippen LogP contribution in [0.2, 0.25) is 0 Å². The van der Waals surface area contributed by atoms with Crippen molar-refractivity contribution in [3.8, 4) is 0 Å². The van der Waals surface area contributed by atoms with Gasteiger partial charge in [0, 0.05) is 49.3 Å². The first-order valence-electron chi connectivity index (χ1n) is 9.92. The van der Waals surface area contributed by atoms with Gasteiger partial charge in [0.2, 0.25) is 0 Å². The van der Waals surface area contributed by atoms with Gasteiger partial charge in [0.15, 0.2) is 5.16 Å². The third kappa shape index (κ3) is 6.99. The molecule has 3 aromatic rings. The standard InChI is InChI=1S/C22H23FN4O3S/c1-2-30-20(28)4-3-9-27-13-18(10-17-11-24-15-25-12-17)21(29)26-22(27)31-14-16-5-7-19(23)8-6-16/h5-8,11-13,15H,2-4,9-10,14H2,1H3. The number of hydrogen-bond acceptors (Lipinski definition) is 7. The Morgan fingerprint density at radius 1 is 1.16 bits per heavy atom. The van der Waals surface area contributed by atoms with Crippen LogP contribution < -0.4 is 5.56 Å². The highest BCUT2D eigenvalue weighted by Gasteiger charge is 2.12. The number of carbonyl (C=O) groups excluding carboxylic acids is 1. The van der Waals surface area contributed by atoms with E-state index in [9.17, 15) is 14.0 Å². The molecule has 2 aromatic heterocycles. The lowest BCUT2D eigenvalue weighted by Gasteiger charge is -2.14. The van der Waals surface area contributed by atoms with Crippen molar-refractivity contribution in [2.45, 2.75) is 43.6 Å². The molecule has 0 bridgehead atoms. The summed E-state index contributed by atoms with van der Waals surface area (Å²) in [6, 6.07) is 6.21. The second-order valence-corrected chi connectivity index (χ2v) is 7.74. The second kappa shape index (κ2) is 11.4. The first-order chi connectivity index (χ1) is 15.0. The quantitative estimate of drug-likeness (QED) is 0.270. The van der Waals surface area contributed by atoms with Gasteiger partial charge in [-0.25, -0.2) is 14.4 Å². The number of halogens is 1. The zero-order chi connectivity index (χ0) is 22.1. The van der Waals surface area contributed by atoms with Gasteiger partial charge in [-0.15, -0.1) is 0 Å². The van der Waals surface area contributed by atoms with Crippen LogP contribution in [0.25, 0.3) is 0 Å². The average Bonchev–Trinajstić information content (AvgIpc) is 2.76. The molecule has 31 heavy (non-hydrogen) atoms. The van der Waals surface area contributed by atoms with Gasteiger partial charge in [-0.1, -0.05) is 23.9 Å². The average molecular weight is 443 g/mol. The Morgan fingerprint density at radius 2 is 1.90 bits per heavy atom. The van der Waals surface area contributed by atoms with E-state index in [1.54, 1.807) is 37.6 Å². The smallest absolute Gasteiger partial charge is 0.305 e. The third-order valence-corrected chi connectivity index (χ3v) is 5.47. The molecular formula is C22H23FN4O3S. The fourth-order valence-corrected chi connectivity index (χ4v) is 3.86. The Hall–Kier alpha value is -3.07. The van der Waals surface area contributed by atoms with E-state index in [4.69, 9.17) is 4.74 Å². The highest BCUT2D eigenvalue weighted by atomic mass is 32.2. The van der Waals surface area contributed by atoms with Crippen LogP contribution in [0.5, 0.6) is 0 Å². The van der Waals surface area contributed by atoms with Crippen molar-refractivity contribution in [3.63, 3.8) is 0 Å². The lowest BCUT2D eigenvalue weighted by Crippen LogP contribution is -2.20. The summed E-state index contributed by atoms with van der Waals surface area (Å²) < 4.78 is 20.0. The summed E-state index contributed by atoms with van der Waals surface area (Å²) in [6.45, 7) is 2.63. The number of ether oxygens (including phenoxy) is 1. The Balaban J connectivity index is 1.79. The summed E-state index contributed by atoms with van der Waals surface area (Å²) in [6.07, 6.45) is 7.74. The van der Waals surface area contributed by atoms with Crippen LogP contribution in [-0.4, -0.2) is 32.1 Å². The van der Waals surface area contributed by atoms with Crippen LogP contribution in [0.4, 0.5) is 4.39 Å². The molecule has 0 aliphatic heterocycles. The SMILES string of the molecule is CCOC(=O)CCCn1cc(Cc2cncnc2)c(=O)nc1SCc1ccc(F)cc1. The molecule has 0 saturated heterocycles. The van der Waals surface area contributed by atoms with Crippen LogP contribution in [-0.2, 0) is 28.2 Å². The lowest BCUT2D eigenvalue weighted by atomic mass is 10.1. The number of benzene rings is 1. The minimum atomic E-state index is -0.313. The van der Waals surface area contributed by atoms with Crippen molar-refractivity contribution in [3.05, 3.63) is 82.0 Å². The van der Waals surface area contributed by atoms with Gasteiger partial charge >= 0.3 is 5.97 Å². The second-order valence-electron chi connectivity index (χ2n) is 6.79. The van der Waals surface area contributed by atoms with Gasteiger partial charge in [0.1, 0.15) is 12.1 Å². The Labute approximate surface area is 183 Å². The number of aromatic nitrogens is 4. The molecule has 7 nitrogen and oxygen atoms in total. The topological polar surface area (TPSA) is 87.0 Å². The molecule has 0 spiro atoms. The van der Waals surface area contributed by atoms with Crippen LogP contribution in [0.15, 0.2) is 59.1 Å². The largest absolute Gasteiger partial charge is 0.466 e. The number of esters is 1. The molecule has 0 unspecified atom stereocenters. The minimum Gasteiger partial charge on any atom is -0.466 e. The maximum atomic E-state index is 13.1. The molecule has 3 rings (SSSR count). The van der Waals surface area contributed by atoms with Gasteiger partial charge in [0.25, 0.3) is 5.56 Å². The molecule has 0 N–H and O–H groups in total. The first kappa shape index (κ1) is 22.6. The van der Waals surface area contributed by atoms with Crippen molar-refractivity contribution < 1.29 is 13.9 Å². The molecule has 162 valence electrons.